The van der Waals surface area contributed by atoms with Crippen molar-refractivity contribution >= 4 is 17.7 Å². The van der Waals surface area contributed by atoms with Crippen LogP contribution < -0.4 is 11.1 Å². The second kappa shape index (κ2) is 6.30. The summed E-state index contributed by atoms with van der Waals surface area (Å²) in [5.41, 5.74) is 5.60. The van der Waals surface area contributed by atoms with Crippen molar-refractivity contribution in [3.63, 3.8) is 0 Å². The van der Waals surface area contributed by atoms with E-state index in [4.69, 9.17) is 5.73 Å². The molecule has 4 heteroatoms. The molecule has 1 amide bonds. The quantitative estimate of drug-likeness (QED) is 0.624. The molecule has 0 heterocycles. The van der Waals surface area contributed by atoms with Crippen LogP contribution in [0.5, 0.6) is 0 Å². The SMILES string of the molecule is CC(N)CCSCC(=O)NCC1CC1. The maximum atomic E-state index is 11.3. The smallest absolute Gasteiger partial charge is 0.230 e. The Morgan fingerprint density at radius 2 is 2.36 bits per heavy atom. The van der Waals surface area contributed by atoms with E-state index < -0.39 is 0 Å². The van der Waals surface area contributed by atoms with Gasteiger partial charge in [-0.05, 0) is 37.9 Å². The van der Waals surface area contributed by atoms with Gasteiger partial charge in [-0.2, -0.15) is 11.8 Å². The van der Waals surface area contributed by atoms with E-state index in [9.17, 15) is 4.79 Å². The first-order valence-corrected chi connectivity index (χ1v) is 6.44. The third kappa shape index (κ3) is 6.27. The summed E-state index contributed by atoms with van der Waals surface area (Å²) in [4.78, 5) is 11.3. The van der Waals surface area contributed by atoms with Crippen LogP contribution in [0.25, 0.3) is 0 Å². The molecular weight excluding hydrogens is 196 g/mol. The zero-order valence-corrected chi connectivity index (χ0v) is 9.61. The number of thioether (sulfide) groups is 1. The molecule has 3 nitrogen and oxygen atoms in total. The van der Waals surface area contributed by atoms with E-state index in [1.165, 1.54) is 12.8 Å². The van der Waals surface area contributed by atoms with Crippen molar-refractivity contribution in [3.05, 3.63) is 0 Å². The van der Waals surface area contributed by atoms with Crippen LogP contribution in [0.2, 0.25) is 0 Å². The van der Waals surface area contributed by atoms with E-state index >= 15 is 0 Å². The average Bonchev–Trinajstić information content (AvgIpc) is 2.92. The molecule has 82 valence electrons. The lowest BCUT2D eigenvalue weighted by Gasteiger charge is -2.05. The standard InChI is InChI=1S/C10H20N2OS/c1-8(11)4-5-14-7-10(13)12-6-9-2-3-9/h8-9H,2-7,11H2,1H3,(H,12,13). The highest BCUT2D eigenvalue weighted by Gasteiger charge is 2.21. The van der Waals surface area contributed by atoms with E-state index in [1.807, 2.05) is 6.92 Å². The highest BCUT2D eigenvalue weighted by atomic mass is 32.2. The van der Waals surface area contributed by atoms with Gasteiger partial charge in [-0.1, -0.05) is 0 Å². The topological polar surface area (TPSA) is 55.1 Å². The Morgan fingerprint density at radius 3 is 2.93 bits per heavy atom. The number of hydrogen-bond donors (Lipinski definition) is 2. The van der Waals surface area contributed by atoms with Crippen molar-refractivity contribution in [2.45, 2.75) is 32.2 Å². The van der Waals surface area contributed by atoms with Crippen LogP contribution >= 0.6 is 11.8 Å². The lowest BCUT2D eigenvalue weighted by atomic mass is 10.3. The molecule has 0 radical (unpaired) electrons. The van der Waals surface area contributed by atoms with E-state index in [1.54, 1.807) is 11.8 Å². The molecule has 1 fully saturated rings. The number of carbonyl (C=O) groups excluding carboxylic acids is 1. The number of rotatable bonds is 7. The molecule has 1 rings (SSSR count). The maximum Gasteiger partial charge on any atom is 0.230 e. The number of amides is 1. The van der Waals surface area contributed by atoms with Crippen LogP contribution in [0, 0.1) is 5.92 Å². The Kier molecular flexibility index (Phi) is 5.33. The van der Waals surface area contributed by atoms with Gasteiger partial charge in [0.25, 0.3) is 0 Å². The molecule has 14 heavy (non-hydrogen) atoms. The second-order valence-corrected chi connectivity index (χ2v) is 5.17. The van der Waals surface area contributed by atoms with E-state index in [0.717, 1.165) is 24.6 Å². The fourth-order valence-electron chi connectivity index (χ4n) is 1.07. The van der Waals surface area contributed by atoms with Crippen LogP contribution in [0.3, 0.4) is 0 Å². The van der Waals surface area contributed by atoms with Crippen LogP contribution in [-0.2, 0) is 4.79 Å². The maximum absolute atomic E-state index is 11.3. The van der Waals surface area contributed by atoms with Gasteiger partial charge in [-0.15, -0.1) is 0 Å². The fraction of sp³-hybridized carbons (Fsp3) is 0.900. The second-order valence-electron chi connectivity index (χ2n) is 4.07. The first-order valence-electron chi connectivity index (χ1n) is 5.28. The van der Waals surface area contributed by atoms with Gasteiger partial charge in [-0.25, -0.2) is 0 Å². The zero-order chi connectivity index (χ0) is 10.4. The van der Waals surface area contributed by atoms with Crippen molar-refractivity contribution in [1.82, 2.24) is 5.32 Å². The molecular formula is C10H20N2OS. The highest BCUT2D eigenvalue weighted by Crippen LogP contribution is 2.27. The summed E-state index contributed by atoms with van der Waals surface area (Å²) in [5, 5.41) is 2.94. The summed E-state index contributed by atoms with van der Waals surface area (Å²) >= 11 is 1.67. The molecule has 1 aliphatic rings. The molecule has 0 aromatic carbocycles. The number of hydrogen-bond acceptors (Lipinski definition) is 3. The summed E-state index contributed by atoms with van der Waals surface area (Å²) in [6, 6.07) is 0.247. The summed E-state index contributed by atoms with van der Waals surface area (Å²) in [6.45, 7) is 2.88. The van der Waals surface area contributed by atoms with Gasteiger partial charge in [0.05, 0.1) is 5.75 Å². The first-order chi connectivity index (χ1) is 6.68. The van der Waals surface area contributed by atoms with Crippen LogP contribution in [-0.4, -0.2) is 30.0 Å². The molecule has 0 aromatic rings. The van der Waals surface area contributed by atoms with Crippen molar-refractivity contribution in [1.29, 1.82) is 0 Å². The molecule has 1 aliphatic carbocycles. The van der Waals surface area contributed by atoms with E-state index in [0.29, 0.717) is 5.75 Å². The van der Waals surface area contributed by atoms with Gasteiger partial charge < -0.3 is 11.1 Å². The largest absolute Gasteiger partial charge is 0.355 e. The summed E-state index contributed by atoms with van der Waals surface area (Å²) in [7, 11) is 0. The Morgan fingerprint density at radius 1 is 1.64 bits per heavy atom. The van der Waals surface area contributed by atoms with Crippen LogP contribution in [0.15, 0.2) is 0 Å². The number of nitrogens with one attached hydrogen (secondary N) is 1. The van der Waals surface area contributed by atoms with Gasteiger partial charge in [0.2, 0.25) is 5.91 Å². The zero-order valence-electron chi connectivity index (χ0n) is 8.79. The monoisotopic (exact) mass is 216 g/mol. The van der Waals surface area contributed by atoms with E-state index in [2.05, 4.69) is 5.32 Å². The van der Waals surface area contributed by atoms with Gasteiger partial charge in [-0.3, -0.25) is 4.79 Å². The van der Waals surface area contributed by atoms with Crippen molar-refractivity contribution in [2.24, 2.45) is 11.7 Å². The minimum atomic E-state index is 0.173. The van der Waals surface area contributed by atoms with Crippen molar-refractivity contribution in [2.75, 3.05) is 18.1 Å². The molecule has 0 bridgehead atoms. The Labute approximate surface area is 90.2 Å². The van der Waals surface area contributed by atoms with Gasteiger partial charge >= 0.3 is 0 Å². The molecule has 0 aliphatic heterocycles. The number of nitrogens with two attached hydrogens (primary N) is 1. The molecule has 3 N–H and O–H groups in total. The van der Waals surface area contributed by atoms with Gasteiger partial charge in [0.1, 0.15) is 0 Å². The van der Waals surface area contributed by atoms with Gasteiger partial charge in [0.15, 0.2) is 0 Å². The molecule has 0 saturated heterocycles. The molecule has 1 saturated carbocycles. The summed E-state index contributed by atoms with van der Waals surface area (Å²) < 4.78 is 0. The minimum Gasteiger partial charge on any atom is -0.355 e. The first kappa shape index (κ1) is 11.9. The van der Waals surface area contributed by atoms with Crippen LogP contribution in [0.4, 0.5) is 0 Å². The molecule has 0 spiro atoms. The molecule has 1 unspecified atom stereocenters. The third-order valence-corrected chi connectivity index (χ3v) is 3.23. The predicted molar refractivity (Wildman–Crippen MR) is 61.3 cm³/mol. The predicted octanol–water partition coefficient (Wildman–Crippen LogP) is 0.983. The molecule has 0 aromatic heterocycles. The van der Waals surface area contributed by atoms with E-state index in [-0.39, 0.29) is 11.9 Å². The Hall–Kier alpha value is -0.220. The van der Waals surface area contributed by atoms with Gasteiger partial charge in [0, 0.05) is 12.6 Å². The fourth-order valence-corrected chi connectivity index (χ4v) is 2.04. The average molecular weight is 216 g/mol. The minimum absolute atomic E-state index is 0.173. The normalized spacial score (nSPS) is 17.9. The highest BCUT2D eigenvalue weighted by molar-refractivity contribution is 7.99. The number of carbonyl (C=O) groups is 1. The van der Waals surface area contributed by atoms with Crippen molar-refractivity contribution in [3.8, 4) is 0 Å². The van der Waals surface area contributed by atoms with Crippen LogP contribution in [0.1, 0.15) is 26.2 Å². The lowest BCUT2D eigenvalue weighted by Crippen LogP contribution is -2.27. The van der Waals surface area contributed by atoms with Crippen molar-refractivity contribution < 1.29 is 4.79 Å². The lowest BCUT2D eigenvalue weighted by molar-refractivity contribution is -0.118. The summed E-state index contributed by atoms with van der Waals surface area (Å²) in [6.07, 6.45) is 3.57. The Balaban J connectivity index is 1.86. The third-order valence-electron chi connectivity index (χ3n) is 2.24. The summed E-state index contributed by atoms with van der Waals surface area (Å²) in [5.74, 6) is 2.51. The Bertz CT molecular complexity index is 181. The molecule has 1 atom stereocenters.